The fourth-order valence-electron chi connectivity index (χ4n) is 4.79. The summed E-state index contributed by atoms with van der Waals surface area (Å²) in [5, 5.41) is 4.27. The lowest BCUT2D eigenvalue weighted by Crippen LogP contribution is -2.37. The minimum absolute atomic E-state index is 0.106. The maximum absolute atomic E-state index is 14.2. The fraction of sp³-hybridized carbons (Fsp3) is 0.379. The highest BCUT2D eigenvalue weighted by molar-refractivity contribution is 6.35. The highest BCUT2D eigenvalue weighted by Crippen LogP contribution is 2.39. The first-order valence-electron chi connectivity index (χ1n) is 12.2. The van der Waals surface area contributed by atoms with Crippen molar-refractivity contribution in [3.05, 3.63) is 92.0 Å². The Morgan fingerprint density at radius 3 is 2.18 bits per heavy atom. The quantitative estimate of drug-likeness (QED) is 0.365. The molecule has 1 aliphatic rings. The molecule has 0 spiro atoms. The van der Waals surface area contributed by atoms with Crippen LogP contribution >= 0.6 is 23.2 Å². The second kappa shape index (κ2) is 12.3. The van der Waals surface area contributed by atoms with Gasteiger partial charge in [0.15, 0.2) is 0 Å². The van der Waals surface area contributed by atoms with E-state index in [4.69, 9.17) is 32.7 Å². The van der Waals surface area contributed by atoms with Crippen molar-refractivity contribution in [3.8, 4) is 0 Å². The maximum atomic E-state index is 14.2. The summed E-state index contributed by atoms with van der Waals surface area (Å²) in [6, 6.07) is 11.2. The molecule has 0 radical (unpaired) electrons. The molecule has 1 aliphatic heterocycles. The van der Waals surface area contributed by atoms with Crippen LogP contribution in [-0.4, -0.2) is 44.1 Å². The molecule has 0 saturated carbocycles. The number of nitrogens with zero attached hydrogens (tertiary/aromatic N) is 1. The average molecular weight is 563 g/mol. The number of ether oxygens (including phenoxy) is 2. The molecule has 0 aromatic heterocycles. The van der Waals surface area contributed by atoms with Gasteiger partial charge < -0.3 is 19.7 Å². The molecule has 3 rings (SSSR count). The van der Waals surface area contributed by atoms with Gasteiger partial charge in [-0.15, -0.1) is 0 Å². The predicted molar refractivity (Wildman–Crippen MR) is 147 cm³/mol. The van der Waals surface area contributed by atoms with Crippen LogP contribution in [0.2, 0.25) is 10.0 Å². The van der Waals surface area contributed by atoms with Crippen LogP contribution in [0.15, 0.2) is 65.0 Å². The number of hydrogen-bond donors (Lipinski definition) is 1. The molecule has 0 amide bonds. The number of dihydropyridines is 1. The summed E-state index contributed by atoms with van der Waals surface area (Å²) in [6.07, 6.45) is 0. The highest BCUT2D eigenvalue weighted by Gasteiger charge is 2.38. The molecule has 0 saturated heterocycles. The number of benzene rings is 2. The number of nitrogens with one attached hydrogen (secondary N) is 1. The van der Waals surface area contributed by atoms with Gasteiger partial charge in [-0.2, -0.15) is 0 Å². The van der Waals surface area contributed by atoms with E-state index in [9.17, 15) is 14.0 Å². The van der Waals surface area contributed by atoms with Crippen molar-refractivity contribution in [1.29, 1.82) is 0 Å². The monoisotopic (exact) mass is 562 g/mol. The van der Waals surface area contributed by atoms with Crippen molar-refractivity contribution < 1.29 is 23.5 Å². The molecule has 0 aliphatic carbocycles. The molecular weight excluding hydrogens is 530 g/mol. The molecule has 1 atom stereocenters. The number of allylic oxidation sites excluding steroid dienone is 2. The minimum atomic E-state index is -0.847. The highest BCUT2D eigenvalue weighted by atomic mass is 35.5. The molecular formula is C29H33Cl2FN2O4. The molecule has 1 unspecified atom stereocenters. The molecule has 204 valence electrons. The molecule has 1 N–H and O–H groups in total. The van der Waals surface area contributed by atoms with Crippen LogP contribution in [0.1, 0.15) is 44.7 Å². The van der Waals surface area contributed by atoms with E-state index in [1.165, 1.54) is 19.2 Å². The van der Waals surface area contributed by atoms with Gasteiger partial charge in [0.2, 0.25) is 0 Å². The molecule has 1 heterocycles. The number of halogens is 3. The smallest absolute Gasteiger partial charge is 0.336 e. The zero-order chi connectivity index (χ0) is 28.2. The van der Waals surface area contributed by atoms with Gasteiger partial charge in [-0.1, -0.05) is 55.2 Å². The van der Waals surface area contributed by atoms with E-state index in [0.29, 0.717) is 40.1 Å². The topological polar surface area (TPSA) is 67.9 Å². The van der Waals surface area contributed by atoms with E-state index in [1.54, 1.807) is 44.2 Å². The minimum Gasteiger partial charge on any atom is -0.466 e. The normalized spacial score (nSPS) is 16.0. The Morgan fingerprint density at radius 1 is 1.03 bits per heavy atom. The number of rotatable bonds is 9. The van der Waals surface area contributed by atoms with E-state index in [0.717, 1.165) is 5.56 Å². The first kappa shape index (κ1) is 29.7. The van der Waals surface area contributed by atoms with E-state index < -0.39 is 29.1 Å². The van der Waals surface area contributed by atoms with Crippen molar-refractivity contribution >= 4 is 35.1 Å². The van der Waals surface area contributed by atoms with Crippen molar-refractivity contribution in [2.24, 2.45) is 5.41 Å². The summed E-state index contributed by atoms with van der Waals surface area (Å²) in [6.45, 7) is 8.63. The van der Waals surface area contributed by atoms with Crippen molar-refractivity contribution in [1.82, 2.24) is 10.2 Å². The number of esters is 2. The SMILES string of the molecule is COC(=O)C1=C(C)NC(C)=C(C(=O)OCC(C)(C)CN(C)Cc2c(Cl)cccc2Cl)C1c1cccc(F)c1. The second-order valence-electron chi connectivity index (χ2n) is 10.3. The number of hydrogen-bond acceptors (Lipinski definition) is 6. The third-order valence-electron chi connectivity index (χ3n) is 6.35. The number of carbonyl (C=O) groups excluding carboxylic acids is 2. The van der Waals surface area contributed by atoms with Crippen LogP contribution in [0.25, 0.3) is 0 Å². The number of methoxy groups -OCH3 is 1. The average Bonchev–Trinajstić information content (AvgIpc) is 2.84. The Kier molecular flexibility index (Phi) is 9.63. The summed E-state index contributed by atoms with van der Waals surface area (Å²) < 4.78 is 25.0. The molecule has 0 fully saturated rings. The van der Waals surface area contributed by atoms with Crippen LogP contribution in [0, 0.1) is 11.2 Å². The van der Waals surface area contributed by atoms with Crippen LogP contribution in [0.3, 0.4) is 0 Å². The van der Waals surface area contributed by atoms with Gasteiger partial charge in [-0.25, -0.2) is 14.0 Å². The third kappa shape index (κ3) is 6.95. The number of carbonyl (C=O) groups is 2. The Balaban J connectivity index is 1.80. The molecule has 38 heavy (non-hydrogen) atoms. The molecule has 2 aromatic rings. The molecule has 2 aromatic carbocycles. The zero-order valence-electron chi connectivity index (χ0n) is 22.5. The molecule has 6 nitrogen and oxygen atoms in total. The van der Waals surface area contributed by atoms with Crippen molar-refractivity contribution in [2.75, 3.05) is 27.3 Å². The first-order chi connectivity index (χ1) is 17.8. The first-order valence-corrected chi connectivity index (χ1v) is 12.9. The van der Waals surface area contributed by atoms with Crippen LogP contribution in [-0.2, 0) is 25.6 Å². The molecule has 9 heteroatoms. The Hall–Kier alpha value is -2.87. The van der Waals surface area contributed by atoms with E-state index in [1.807, 2.05) is 20.9 Å². The van der Waals surface area contributed by atoms with Crippen molar-refractivity contribution in [2.45, 2.75) is 40.2 Å². The summed E-state index contributed by atoms with van der Waals surface area (Å²) >= 11 is 12.6. The zero-order valence-corrected chi connectivity index (χ0v) is 24.0. The second-order valence-corrected chi connectivity index (χ2v) is 11.1. The Bertz CT molecular complexity index is 1270. The Morgan fingerprint density at radius 2 is 1.61 bits per heavy atom. The lowest BCUT2D eigenvalue weighted by atomic mass is 9.80. The van der Waals surface area contributed by atoms with Crippen LogP contribution in [0.5, 0.6) is 0 Å². The van der Waals surface area contributed by atoms with Gasteiger partial charge >= 0.3 is 11.9 Å². The Labute approximate surface area is 233 Å². The summed E-state index contributed by atoms with van der Waals surface area (Å²) in [5.41, 5.74) is 2.36. The van der Waals surface area contributed by atoms with Gasteiger partial charge in [0.1, 0.15) is 5.82 Å². The maximum Gasteiger partial charge on any atom is 0.336 e. The lowest BCUT2D eigenvalue weighted by Gasteiger charge is -2.33. The van der Waals surface area contributed by atoms with E-state index in [2.05, 4.69) is 10.2 Å². The summed E-state index contributed by atoms with van der Waals surface area (Å²) in [5.74, 6) is -2.53. The van der Waals surface area contributed by atoms with Gasteiger partial charge in [-0.3, -0.25) is 0 Å². The van der Waals surface area contributed by atoms with Gasteiger partial charge in [0.05, 0.1) is 30.8 Å². The van der Waals surface area contributed by atoms with Crippen LogP contribution < -0.4 is 5.32 Å². The van der Waals surface area contributed by atoms with Gasteiger partial charge in [0.25, 0.3) is 0 Å². The third-order valence-corrected chi connectivity index (χ3v) is 7.06. The predicted octanol–water partition coefficient (Wildman–Crippen LogP) is 6.24. The van der Waals surface area contributed by atoms with Gasteiger partial charge in [0, 0.05) is 45.5 Å². The largest absolute Gasteiger partial charge is 0.466 e. The molecule has 0 bridgehead atoms. The van der Waals surface area contributed by atoms with Gasteiger partial charge in [-0.05, 0) is 50.7 Å². The van der Waals surface area contributed by atoms with E-state index in [-0.39, 0.29) is 17.8 Å². The van der Waals surface area contributed by atoms with E-state index >= 15 is 0 Å². The fourth-order valence-corrected chi connectivity index (χ4v) is 5.31. The standard InChI is InChI=1S/C29H33Cl2FN2O4/c1-17-24(27(35)37-6)26(19-9-7-10-20(32)13-19)25(18(2)33-17)28(36)38-16-29(3,4)15-34(5)14-21-22(30)11-8-12-23(21)31/h7-13,26,33H,14-16H2,1-6H3. The van der Waals surface area contributed by atoms with Crippen molar-refractivity contribution in [3.63, 3.8) is 0 Å². The lowest BCUT2D eigenvalue weighted by molar-refractivity contribution is -0.142. The summed E-state index contributed by atoms with van der Waals surface area (Å²) in [4.78, 5) is 28.3. The summed E-state index contributed by atoms with van der Waals surface area (Å²) in [7, 11) is 3.21. The van der Waals surface area contributed by atoms with Crippen LogP contribution in [0.4, 0.5) is 4.39 Å².